The zero-order valence-corrected chi connectivity index (χ0v) is 13.9. The summed E-state index contributed by atoms with van der Waals surface area (Å²) in [5.74, 6) is 0.370. The van der Waals surface area contributed by atoms with Gasteiger partial charge in [-0.1, -0.05) is 27.2 Å². The van der Waals surface area contributed by atoms with Gasteiger partial charge in [0, 0.05) is 18.3 Å². The highest BCUT2D eigenvalue weighted by molar-refractivity contribution is 5.89. The maximum Gasteiger partial charge on any atom is 0.338 e. The Morgan fingerprint density at radius 3 is 2.68 bits per heavy atom. The molecule has 4 nitrogen and oxygen atoms in total. The smallest absolute Gasteiger partial charge is 0.338 e. The SMILES string of the molecule is C[C@@H]1CCCC(C)(C)[C@@H]1NCCOC(=O)c1ccc(N)cc1. The maximum absolute atomic E-state index is 11.9. The van der Waals surface area contributed by atoms with Crippen molar-refractivity contribution in [3.63, 3.8) is 0 Å². The zero-order chi connectivity index (χ0) is 16.2. The number of carbonyl (C=O) groups excluding carboxylic acids is 1. The maximum atomic E-state index is 11.9. The van der Waals surface area contributed by atoms with Crippen molar-refractivity contribution in [2.45, 2.75) is 46.1 Å². The first-order valence-electron chi connectivity index (χ1n) is 8.16. The Hall–Kier alpha value is -1.55. The van der Waals surface area contributed by atoms with Gasteiger partial charge in [0.2, 0.25) is 0 Å². The molecule has 0 spiro atoms. The van der Waals surface area contributed by atoms with Gasteiger partial charge in [-0.05, 0) is 48.4 Å². The van der Waals surface area contributed by atoms with E-state index in [0.717, 1.165) is 0 Å². The van der Waals surface area contributed by atoms with Gasteiger partial charge in [0.1, 0.15) is 6.61 Å². The molecule has 3 N–H and O–H groups in total. The average molecular weight is 304 g/mol. The number of benzene rings is 1. The molecule has 0 aromatic heterocycles. The topological polar surface area (TPSA) is 64.3 Å². The number of nitrogen functional groups attached to an aromatic ring is 1. The number of rotatable bonds is 5. The molecule has 0 aliphatic heterocycles. The second-order valence-electron chi connectivity index (χ2n) is 7.05. The Bertz CT molecular complexity index is 496. The van der Waals surface area contributed by atoms with E-state index in [-0.39, 0.29) is 5.97 Å². The Labute approximate surface area is 133 Å². The van der Waals surface area contributed by atoms with E-state index in [0.29, 0.717) is 41.8 Å². The molecular formula is C18H28N2O2. The van der Waals surface area contributed by atoms with Gasteiger partial charge in [-0.15, -0.1) is 0 Å². The summed E-state index contributed by atoms with van der Waals surface area (Å²) in [6, 6.07) is 7.29. The first-order chi connectivity index (χ1) is 10.4. The second kappa shape index (κ2) is 7.14. The van der Waals surface area contributed by atoms with Crippen molar-refractivity contribution in [1.29, 1.82) is 0 Å². The quantitative estimate of drug-likeness (QED) is 0.498. The molecule has 0 heterocycles. The Morgan fingerprint density at radius 2 is 2.05 bits per heavy atom. The first kappa shape index (κ1) is 16.8. The fourth-order valence-electron chi connectivity index (χ4n) is 3.51. The van der Waals surface area contributed by atoms with Crippen LogP contribution in [0.1, 0.15) is 50.4 Å². The van der Waals surface area contributed by atoms with E-state index in [1.165, 1.54) is 19.3 Å². The van der Waals surface area contributed by atoms with Crippen molar-refractivity contribution in [1.82, 2.24) is 5.32 Å². The molecule has 4 heteroatoms. The van der Waals surface area contributed by atoms with Gasteiger partial charge in [0.25, 0.3) is 0 Å². The zero-order valence-electron chi connectivity index (χ0n) is 13.9. The molecule has 1 aromatic carbocycles. The minimum absolute atomic E-state index is 0.294. The standard InChI is InChI=1S/C18H28N2O2/c1-13-5-4-10-18(2,3)16(13)20-11-12-22-17(21)14-6-8-15(19)9-7-14/h6-9,13,16,20H,4-5,10-12,19H2,1-3H3/t13-,16-/m1/s1. The molecule has 22 heavy (non-hydrogen) atoms. The largest absolute Gasteiger partial charge is 0.461 e. The Morgan fingerprint density at radius 1 is 1.36 bits per heavy atom. The molecule has 1 saturated carbocycles. The van der Waals surface area contributed by atoms with Crippen LogP contribution < -0.4 is 11.1 Å². The third-order valence-electron chi connectivity index (χ3n) is 4.74. The van der Waals surface area contributed by atoms with Crippen LogP contribution in [0.5, 0.6) is 0 Å². The van der Waals surface area contributed by atoms with Crippen molar-refractivity contribution < 1.29 is 9.53 Å². The minimum Gasteiger partial charge on any atom is -0.461 e. The van der Waals surface area contributed by atoms with Crippen LogP contribution in [-0.2, 0) is 4.74 Å². The monoisotopic (exact) mass is 304 g/mol. The van der Waals surface area contributed by atoms with Gasteiger partial charge in [0.05, 0.1) is 5.56 Å². The molecule has 2 rings (SSSR count). The van der Waals surface area contributed by atoms with Crippen LogP contribution >= 0.6 is 0 Å². The summed E-state index contributed by atoms with van der Waals surface area (Å²) in [7, 11) is 0. The highest BCUT2D eigenvalue weighted by Gasteiger charge is 2.36. The number of nitrogens with one attached hydrogen (secondary N) is 1. The number of ether oxygens (including phenoxy) is 1. The number of anilines is 1. The van der Waals surface area contributed by atoms with Gasteiger partial charge in [0.15, 0.2) is 0 Å². The lowest BCUT2D eigenvalue weighted by Gasteiger charge is -2.43. The summed E-state index contributed by atoms with van der Waals surface area (Å²) in [5, 5.41) is 3.58. The molecule has 1 aliphatic rings. The van der Waals surface area contributed by atoms with E-state index < -0.39 is 0 Å². The van der Waals surface area contributed by atoms with Gasteiger partial charge in [-0.2, -0.15) is 0 Å². The molecule has 0 unspecified atom stereocenters. The fraction of sp³-hybridized carbons (Fsp3) is 0.611. The number of carbonyl (C=O) groups is 1. The highest BCUT2D eigenvalue weighted by Crippen LogP contribution is 2.38. The molecule has 1 fully saturated rings. The first-order valence-corrected chi connectivity index (χ1v) is 8.16. The molecule has 1 aromatic rings. The summed E-state index contributed by atoms with van der Waals surface area (Å²) >= 11 is 0. The van der Waals surface area contributed by atoms with E-state index in [1.807, 2.05) is 0 Å². The van der Waals surface area contributed by atoms with Crippen LogP contribution in [0.4, 0.5) is 5.69 Å². The summed E-state index contributed by atoms with van der Waals surface area (Å²) in [5.41, 5.74) is 7.10. The molecule has 1 aliphatic carbocycles. The lowest BCUT2D eigenvalue weighted by molar-refractivity contribution is 0.0482. The molecule has 0 radical (unpaired) electrons. The number of hydrogen-bond donors (Lipinski definition) is 2. The fourth-order valence-corrected chi connectivity index (χ4v) is 3.51. The molecule has 0 amide bonds. The summed E-state index contributed by atoms with van der Waals surface area (Å²) in [4.78, 5) is 11.9. The highest BCUT2D eigenvalue weighted by atomic mass is 16.5. The number of nitrogens with two attached hydrogens (primary N) is 1. The molecule has 0 bridgehead atoms. The van der Waals surface area contributed by atoms with Crippen molar-refractivity contribution >= 4 is 11.7 Å². The van der Waals surface area contributed by atoms with Gasteiger partial charge in [-0.25, -0.2) is 4.79 Å². The number of hydrogen-bond acceptors (Lipinski definition) is 4. The van der Waals surface area contributed by atoms with Gasteiger partial charge < -0.3 is 15.8 Å². The molecule has 2 atom stereocenters. The van der Waals surface area contributed by atoms with Crippen molar-refractivity contribution in [2.24, 2.45) is 11.3 Å². The third-order valence-corrected chi connectivity index (χ3v) is 4.74. The van der Waals surface area contributed by atoms with Crippen molar-refractivity contribution in [3.8, 4) is 0 Å². The van der Waals surface area contributed by atoms with E-state index in [1.54, 1.807) is 24.3 Å². The summed E-state index contributed by atoms with van der Waals surface area (Å²) in [6.45, 7) is 8.03. The molecular weight excluding hydrogens is 276 g/mol. The second-order valence-corrected chi connectivity index (χ2v) is 7.05. The van der Waals surface area contributed by atoms with Crippen molar-refractivity contribution in [2.75, 3.05) is 18.9 Å². The molecule has 122 valence electrons. The Kier molecular flexibility index (Phi) is 5.46. The van der Waals surface area contributed by atoms with Crippen molar-refractivity contribution in [3.05, 3.63) is 29.8 Å². The van der Waals surface area contributed by atoms with Gasteiger partial charge in [-0.3, -0.25) is 0 Å². The minimum atomic E-state index is -0.294. The third kappa shape index (κ3) is 4.23. The van der Waals surface area contributed by atoms with E-state index in [2.05, 4.69) is 26.1 Å². The van der Waals surface area contributed by atoms with Crippen LogP contribution in [0.25, 0.3) is 0 Å². The summed E-state index contributed by atoms with van der Waals surface area (Å²) < 4.78 is 5.32. The van der Waals surface area contributed by atoms with Crippen LogP contribution in [0.15, 0.2) is 24.3 Å². The molecule has 0 saturated heterocycles. The summed E-state index contributed by atoms with van der Waals surface area (Å²) in [6.07, 6.45) is 3.82. The predicted molar refractivity (Wildman–Crippen MR) is 89.7 cm³/mol. The van der Waals surface area contributed by atoms with Crippen LogP contribution in [0.3, 0.4) is 0 Å². The van der Waals surface area contributed by atoms with Crippen LogP contribution in [-0.4, -0.2) is 25.2 Å². The van der Waals surface area contributed by atoms with Gasteiger partial charge >= 0.3 is 5.97 Å². The van der Waals surface area contributed by atoms with Crippen LogP contribution in [0.2, 0.25) is 0 Å². The van der Waals surface area contributed by atoms with E-state index in [4.69, 9.17) is 10.5 Å². The van der Waals surface area contributed by atoms with E-state index >= 15 is 0 Å². The lowest BCUT2D eigenvalue weighted by Crippen LogP contribution is -2.49. The number of esters is 1. The Balaban J connectivity index is 1.76. The van der Waals surface area contributed by atoms with E-state index in [9.17, 15) is 4.79 Å². The lowest BCUT2D eigenvalue weighted by atomic mass is 9.68. The normalized spacial score (nSPS) is 24.0. The predicted octanol–water partition coefficient (Wildman–Crippen LogP) is 3.23. The van der Waals surface area contributed by atoms with Crippen LogP contribution in [0, 0.1) is 11.3 Å². The average Bonchev–Trinajstić information content (AvgIpc) is 2.46.